The summed E-state index contributed by atoms with van der Waals surface area (Å²) in [6, 6.07) is 12.5. The Morgan fingerprint density at radius 1 is 1.09 bits per heavy atom. The first-order chi connectivity index (χ1) is 16.6. The van der Waals surface area contributed by atoms with Gasteiger partial charge in [-0.2, -0.15) is 0 Å². The number of anilines is 1. The fourth-order valence-electron chi connectivity index (χ4n) is 4.16. The number of carbonyl (C=O) groups excluding carboxylic acids is 1. The molecule has 2 aromatic carbocycles. The number of aryl methyl sites for hydroxylation is 1. The van der Waals surface area contributed by atoms with Crippen molar-refractivity contribution in [2.75, 3.05) is 12.4 Å². The third-order valence-electron chi connectivity index (χ3n) is 6.18. The molecule has 0 unspecified atom stereocenters. The van der Waals surface area contributed by atoms with Gasteiger partial charge in [0.15, 0.2) is 11.5 Å². The van der Waals surface area contributed by atoms with E-state index in [2.05, 4.69) is 19.8 Å². The molecule has 0 saturated heterocycles. The van der Waals surface area contributed by atoms with Crippen LogP contribution in [0.5, 0.6) is 17.2 Å². The predicted molar refractivity (Wildman–Crippen MR) is 122 cm³/mol. The maximum absolute atomic E-state index is 13.4. The molecule has 5 rings (SSSR count). The van der Waals surface area contributed by atoms with E-state index in [0.29, 0.717) is 35.5 Å². The average molecular weight is 484 g/mol. The number of ether oxygens (including phenoxy) is 3. The van der Waals surface area contributed by atoms with E-state index < -0.39 is 17.7 Å². The number of hydrogen-bond donors (Lipinski definition) is 2. The van der Waals surface area contributed by atoms with Crippen molar-refractivity contribution in [2.45, 2.75) is 31.5 Å². The molecule has 1 aromatic heterocycles. The van der Waals surface area contributed by atoms with Gasteiger partial charge < -0.3 is 24.6 Å². The lowest BCUT2D eigenvalue weighted by Crippen LogP contribution is -2.28. The lowest BCUT2D eigenvalue weighted by atomic mass is 9.94. The van der Waals surface area contributed by atoms with E-state index in [1.807, 2.05) is 6.92 Å². The molecule has 1 saturated carbocycles. The Hall–Kier alpha value is -4.21. The molecule has 2 N–H and O–H groups in total. The first-order valence-corrected chi connectivity index (χ1v) is 10.7. The van der Waals surface area contributed by atoms with Crippen molar-refractivity contribution in [3.05, 3.63) is 65.2 Å². The van der Waals surface area contributed by atoms with Crippen molar-refractivity contribution >= 4 is 17.7 Å². The number of hydrogen-bond acceptors (Lipinski definition) is 6. The number of fused-ring (bicyclic) bond motifs is 1. The maximum Gasteiger partial charge on any atom is 0.586 e. The van der Waals surface area contributed by atoms with Crippen LogP contribution in [0.25, 0.3) is 11.3 Å². The molecule has 10 heteroatoms. The van der Waals surface area contributed by atoms with E-state index in [1.165, 1.54) is 25.3 Å². The number of rotatable bonds is 6. The molecule has 1 fully saturated rings. The van der Waals surface area contributed by atoms with Crippen molar-refractivity contribution in [1.82, 2.24) is 4.98 Å². The highest BCUT2D eigenvalue weighted by atomic mass is 19.3. The predicted octanol–water partition coefficient (Wildman–Crippen LogP) is 5.00. The van der Waals surface area contributed by atoms with Gasteiger partial charge in [0.1, 0.15) is 17.1 Å². The lowest BCUT2D eigenvalue weighted by molar-refractivity contribution is -0.286. The normalized spacial score (nSPS) is 16.5. The highest BCUT2D eigenvalue weighted by Crippen LogP contribution is 2.52. The third-order valence-corrected chi connectivity index (χ3v) is 6.18. The number of amides is 1. The minimum Gasteiger partial charge on any atom is -0.496 e. The van der Waals surface area contributed by atoms with Crippen LogP contribution in [0, 0.1) is 6.92 Å². The molecule has 8 nitrogen and oxygen atoms in total. The molecule has 182 valence electrons. The highest BCUT2D eigenvalue weighted by Gasteiger charge is 2.53. The fourth-order valence-corrected chi connectivity index (χ4v) is 4.16. The zero-order chi connectivity index (χ0) is 25.0. The van der Waals surface area contributed by atoms with Crippen molar-refractivity contribution in [3.8, 4) is 28.5 Å². The molecule has 1 aliphatic heterocycles. The van der Waals surface area contributed by atoms with Gasteiger partial charge in [0, 0.05) is 6.99 Å². The van der Waals surface area contributed by atoms with Crippen LogP contribution >= 0.6 is 0 Å². The summed E-state index contributed by atoms with van der Waals surface area (Å²) < 4.78 is 40.9. The van der Waals surface area contributed by atoms with Gasteiger partial charge in [0.2, 0.25) is 5.91 Å². The third kappa shape index (κ3) is 4.01. The molecule has 0 radical (unpaired) electrons. The maximum atomic E-state index is 13.4. The summed E-state index contributed by atoms with van der Waals surface area (Å²) in [5, 5.41) is 12.1. The first kappa shape index (κ1) is 22.6. The van der Waals surface area contributed by atoms with Crippen LogP contribution in [0.1, 0.15) is 35.8 Å². The van der Waals surface area contributed by atoms with Gasteiger partial charge in [-0.15, -0.1) is 8.78 Å². The van der Waals surface area contributed by atoms with Gasteiger partial charge in [-0.25, -0.2) is 9.78 Å². The van der Waals surface area contributed by atoms with Crippen molar-refractivity contribution in [1.29, 1.82) is 0 Å². The van der Waals surface area contributed by atoms with Crippen LogP contribution in [-0.4, -0.2) is 35.4 Å². The Morgan fingerprint density at radius 3 is 2.51 bits per heavy atom. The van der Waals surface area contributed by atoms with Crippen LogP contribution in [0.4, 0.5) is 14.6 Å². The Labute approximate surface area is 199 Å². The highest BCUT2D eigenvalue weighted by molar-refractivity contribution is 6.01. The Bertz CT molecular complexity index is 1380. The zero-order valence-electron chi connectivity index (χ0n) is 18.7. The topological polar surface area (TPSA) is 107 Å². The molecule has 35 heavy (non-hydrogen) atoms. The summed E-state index contributed by atoms with van der Waals surface area (Å²) in [6.07, 6.45) is -2.64. The number of nitrogens with zero attached hydrogens (tertiary/aromatic N) is 1. The summed E-state index contributed by atoms with van der Waals surface area (Å²) in [5.41, 5.74) is 1.68. The number of aromatic carboxylic acids is 1. The van der Waals surface area contributed by atoms with Crippen molar-refractivity contribution in [2.24, 2.45) is 0 Å². The van der Waals surface area contributed by atoms with E-state index in [1.54, 1.807) is 30.3 Å². The van der Waals surface area contributed by atoms with Gasteiger partial charge in [0.25, 0.3) is 0 Å². The largest absolute Gasteiger partial charge is 0.586 e. The van der Waals surface area contributed by atoms with E-state index in [4.69, 9.17) is 4.74 Å². The minimum absolute atomic E-state index is 0. The second-order valence-electron chi connectivity index (χ2n) is 8.45. The van der Waals surface area contributed by atoms with Gasteiger partial charge in [-0.05, 0) is 61.2 Å². The number of methoxy groups -OCH3 is 1. The number of pyridine rings is 1. The summed E-state index contributed by atoms with van der Waals surface area (Å²) in [7, 11) is 1.38. The Balaban J connectivity index is 0.00000304. The number of alkyl halides is 2. The van der Waals surface area contributed by atoms with Gasteiger partial charge in [-0.1, -0.05) is 18.2 Å². The van der Waals surface area contributed by atoms with Crippen LogP contribution in [0.3, 0.4) is 0 Å². The van der Waals surface area contributed by atoms with Crippen molar-refractivity contribution in [3.63, 3.8) is 0 Å². The van der Waals surface area contributed by atoms with Crippen LogP contribution in [-0.2, 0) is 10.2 Å². The molecule has 2 aliphatic rings. The molecule has 0 bridgehead atoms. The van der Waals surface area contributed by atoms with E-state index in [-0.39, 0.29) is 30.1 Å². The quantitative estimate of drug-likeness (QED) is 0.507. The first-order valence-electron chi connectivity index (χ1n) is 10.7. The second kappa shape index (κ2) is 7.93. The molecule has 3 aromatic rings. The van der Waals surface area contributed by atoms with Gasteiger partial charge in [0.05, 0.1) is 18.2 Å². The standard InChI is InChI=1S/C25H20F2N2O6.H2/c1-13-3-8-20(28-21(13)14-4-6-16(22(30)31)18(11-14)33-2)29-23(32)24(9-10-24)15-5-7-17-19(12-15)35-25(26,27)34-17;/h3-8,11-12H,9-10H2,1-2H3,(H,30,31)(H,28,29,32);1H. The van der Waals surface area contributed by atoms with E-state index in [9.17, 15) is 23.5 Å². The number of aromatic nitrogens is 1. The molecular weight excluding hydrogens is 462 g/mol. The fraction of sp³-hybridized carbons (Fsp3) is 0.240. The SMILES string of the molecule is COc1cc(-c2nc(NC(=O)C3(c4ccc5c(c4)OC(F)(F)O5)CC3)ccc2C)ccc1C(=O)O.[HH]. The Morgan fingerprint density at radius 2 is 1.83 bits per heavy atom. The number of carbonyl (C=O) groups is 2. The average Bonchev–Trinajstić information content (AvgIpc) is 3.56. The number of carboxylic acids is 1. The summed E-state index contributed by atoms with van der Waals surface area (Å²) in [5.74, 6) is -1.12. The van der Waals surface area contributed by atoms with Gasteiger partial charge in [-0.3, -0.25) is 4.79 Å². The second-order valence-corrected chi connectivity index (χ2v) is 8.45. The van der Waals surface area contributed by atoms with Gasteiger partial charge >= 0.3 is 12.3 Å². The van der Waals surface area contributed by atoms with Crippen LogP contribution in [0.2, 0.25) is 0 Å². The van der Waals surface area contributed by atoms with Crippen LogP contribution in [0.15, 0.2) is 48.5 Å². The number of halogens is 2. The summed E-state index contributed by atoms with van der Waals surface area (Å²) >= 11 is 0. The monoisotopic (exact) mass is 484 g/mol. The Kier molecular flexibility index (Phi) is 5.12. The summed E-state index contributed by atoms with van der Waals surface area (Å²) in [6.45, 7) is 1.84. The number of benzene rings is 2. The zero-order valence-corrected chi connectivity index (χ0v) is 18.7. The molecule has 0 atom stereocenters. The number of carboxylic acid groups (broad SMARTS) is 1. The van der Waals surface area contributed by atoms with Crippen LogP contribution < -0.4 is 19.5 Å². The van der Waals surface area contributed by atoms with E-state index >= 15 is 0 Å². The smallest absolute Gasteiger partial charge is 0.496 e. The van der Waals surface area contributed by atoms with Crippen molar-refractivity contribution < 1.29 is 39.1 Å². The summed E-state index contributed by atoms with van der Waals surface area (Å²) in [4.78, 5) is 29.2. The molecule has 1 amide bonds. The lowest BCUT2D eigenvalue weighted by Gasteiger charge is -2.17. The molecule has 0 spiro atoms. The molecule has 2 heterocycles. The number of nitrogens with one attached hydrogen (secondary N) is 1. The van der Waals surface area contributed by atoms with E-state index in [0.717, 1.165) is 5.56 Å². The molecule has 1 aliphatic carbocycles. The molecular formula is C25H22F2N2O6. The minimum atomic E-state index is -3.73.